The Labute approximate surface area is 145 Å². The summed E-state index contributed by atoms with van der Waals surface area (Å²) in [7, 11) is 1.53. The molecule has 1 atom stereocenters. The van der Waals surface area contributed by atoms with E-state index in [1.807, 2.05) is 45.0 Å². The number of halogens is 1. The summed E-state index contributed by atoms with van der Waals surface area (Å²) in [5, 5.41) is 9.76. The molecule has 0 saturated heterocycles. The van der Waals surface area contributed by atoms with E-state index >= 15 is 0 Å². The molecule has 0 radical (unpaired) electrons. The number of amides is 1. The van der Waals surface area contributed by atoms with Gasteiger partial charge in [0.25, 0.3) is 0 Å². The number of hydrogen-bond acceptors (Lipinski definition) is 3. The molecule has 5 nitrogen and oxygen atoms in total. The summed E-state index contributed by atoms with van der Waals surface area (Å²) in [6, 6.07) is 7.48. The van der Waals surface area contributed by atoms with Crippen LogP contribution >= 0.6 is 22.6 Å². The van der Waals surface area contributed by atoms with E-state index in [2.05, 4.69) is 22.6 Å². The number of methoxy groups -OCH3 is 1. The third kappa shape index (κ3) is 4.11. The van der Waals surface area contributed by atoms with Crippen molar-refractivity contribution in [1.82, 2.24) is 4.90 Å². The third-order valence-corrected chi connectivity index (χ3v) is 4.35. The lowest BCUT2D eigenvalue weighted by Crippen LogP contribution is -2.54. The van der Waals surface area contributed by atoms with Crippen LogP contribution in [0.4, 0.5) is 4.79 Å². The molecule has 6 heteroatoms. The fourth-order valence-corrected chi connectivity index (χ4v) is 3.48. The van der Waals surface area contributed by atoms with Gasteiger partial charge in [0, 0.05) is 22.3 Å². The molecule has 0 aliphatic heterocycles. The Hall–Kier alpha value is -0.860. The summed E-state index contributed by atoms with van der Waals surface area (Å²) in [5.74, 6) is 0. The van der Waals surface area contributed by atoms with E-state index in [0.29, 0.717) is 6.42 Å². The van der Waals surface area contributed by atoms with E-state index in [9.17, 15) is 9.90 Å². The number of rotatable bonds is 8. The van der Waals surface area contributed by atoms with Gasteiger partial charge in [-0.25, -0.2) is 4.79 Å². The molecule has 0 unspecified atom stereocenters. The fourth-order valence-electron chi connectivity index (χ4n) is 2.67. The standard InChI is InChI=1S/C16H24INO4/c1-5-10-16(22-11-21-4,18(12(2)3)15(19)20)13-8-6-7-9-14(13)17/h6-9,12H,5,10-11H2,1-4H3,(H,19,20)/t16-/m1/s1. The Morgan fingerprint density at radius 1 is 1.41 bits per heavy atom. The van der Waals surface area contributed by atoms with Crippen molar-refractivity contribution in [3.8, 4) is 0 Å². The van der Waals surface area contributed by atoms with E-state index in [-0.39, 0.29) is 12.8 Å². The number of carbonyl (C=O) groups is 1. The van der Waals surface area contributed by atoms with Gasteiger partial charge in [-0.3, -0.25) is 4.90 Å². The number of ether oxygens (including phenoxy) is 2. The van der Waals surface area contributed by atoms with Crippen LogP contribution in [-0.2, 0) is 15.2 Å². The van der Waals surface area contributed by atoms with Gasteiger partial charge in [-0.05, 0) is 48.9 Å². The predicted octanol–water partition coefficient (Wildman–Crippen LogP) is 4.25. The van der Waals surface area contributed by atoms with Gasteiger partial charge in [0.2, 0.25) is 0 Å². The summed E-state index contributed by atoms with van der Waals surface area (Å²) >= 11 is 2.22. The average Bonchev–Trinajstić information content (AvgIpc) is 2.44. The summed E-state index contributed by atoms with van der Waals surface area (Å²) in [6.07, 6.45) is 0.339. The van der Waals surface area contributed by atoms with Crippen LogP contribution in [0, 0.1) is 3.57 Å². The molecule has 1 aromatic carbocycles. The summed E-state index contributed by atoms with van der Waals surface area (Å²) < 4.78 is 12.0. The van der Waals surface area contributed by atoms with Gasteiger partial charge in [0.1, 0.15) is 6.79 Å². The Morgan fingerprint density at radius 3 is 2.50 bits per heavy atom. The SMILES string of the molecule is CCC[C@@](OCOC)(c1ccccc1I)N(C(=O)O)C(C)C. The molecular weight excluding hydrogens is 397 g/mol. The minimum Gasteiger partial charge on any atom is -0.465 e. The number of carboxylic acid groups (broad SMARTS) is 1. The molecular formula is C16H24INO4. The summed E-state index contributed by atoms with van der Waals surface area (Å²) in [6.45, 7) is 5.75. The number of hydrogen-bond donors (Lipinski definition) is 1. The van der Waals surface area contributed by atoms with Crippen LogP contribution in [0.3, 0.4) is 0 Å². The van der Waals surface area contributed by atoms with Crippen molar-refractivity contribution in [1.29, 1.82) is 0 Å². The maximum Gasteiger partial charge on any atom is 0.410 e. The average molecular weight is 421 g/mol. The van der Waals surface area contributed by atoms with Crippen LogP contribution in [-0.4, -0.2) is 36.0 Å². The highest BCUT2D eigenvalue weighted by atomic mass is 127. The minimum atomic E-state index is -1.05. The van der Waals surface area contributed by atoms with Gasteiger partial charge in [0.05, 0.1) is 0 Å². The molecule has 0 saturated carbocycles. The first-order valence-corrected chi connectivity index (χ1v) is 8.38. The van der Waals surface area contributed by atoms with Gasteiger partial charge in [-0.15, -0.1) is 0 Å². The molecule has 0 aliphatic rings. The highest BCUT2D eigenvalue weighted by Gasteiger charge is 2.44. The maximum atomic E-state index is 11.9. The Kier molecular flexibility index (Phi) is 7.58. The zero-order valence-corrected chi connectivity index (χ0v) is 15.7. The normalized spacial score (nSPS) is 13.9. The highest BCUT2D eigenvalue weighted by molar-refractivity contribution is 14.1. The predicted molar refractivity (Wildman–Crippen MR) is 93.7 cm³/mol. The van der Waals surface area contributed by atoms with Crippen molar-refractivity contribution in [2.75, 3.05) is 13.9 Å². The monoisotopic (exact) mass is 421 g/mol. The Bertz CT molecular complexity index is 495. The topological polar surface area (TPSA) is 59.0 Å². The lowest BCUT2D eigenvalue weighted by Gasteiger charge is -2.44. The van der Waals surface area contributed by atoms with Gasteiger partial charge >= 0.3 is 6.09 Å². The zero-order valence-electron chi connectivity index (χ0n) is 13.5. The van der Waals surface area contributed by atoms with Gasteiger partial charge in [0.15, 0.2) is 5.72 Å². The van der Waals surface area contributed by atoms with Crippen molar-refractivity contribution in [2.24, 2.45) is 0 Å². The molecule has 0 fully saturated rings. The first-order valence-electron chi connectivity index (χ1n) is 7.30. The largest absolute Gasteiger partial charge is 0.465 e. The van der Waals surface area contributed by atoms with Crippen LogP contribution in [0.25, 0.3) is 0 Å². The fraction of sp³-hybridized carbons (Fsp3) is 0.562. The zero-order chi connectivity index (χ0) is 16.8. The molecule has 1 N–H and O–H groups in total. The van der Waals surface area contributed by atoms with Gasteiger partial charge in [-0.1, -0.05) is 31.5 Å². The molecule has 1 rings (SSSR count). The molecule has 124 valence electrons. The van der Waals surface area contributed by atoms with Crippen LogP contribution in [0.15, 0.2) is 24.3 Å². The highest BCUT2D eigenvalue weighted by Crippen LogP contribution is 2.39. The van der Waals surface area contributed by atoms with Crippen molar-refractivity contribution < 1.29 is 19.4 Å². The summed E-state index contributed by atoms with van der Waals surface area (Å²) in [4.78, 5) is 13.3. The van der Waals surface area contributed by atoms with Crippen molar-refractivity contribution in [2.45, 2.75) is 45.4 Å². The van der Waals surface area contributed by atoms with E-state index < -0.39 is 11.8 Å². The lowest BCUT2D eigenvalue weighted by molar-refractivity contribution is -0.211. The number of benzene rings is 1. The molecule has 1 aromatic rings. The second-order valence-corrected chi connectivity index (χ2v) is 6.47. The van der Waals surface area contributed by atoms with Gasteiger partial charge < -0.3 is 14.6 Å². The van der Waals surface area contributed by atoms with E-state index in [1.54, 1.807) is 0 Å². The van der Waals surface area contributed by atoms with Gasteiger partial charge in [-0.2, -0.15) is 0 Å². The van der Waals surface area contributed by atoms with Crippen molar-refractivity contribution in [3.05, 3.63) is 33.4 Å². The maximum absolute atomic E-state index is 11.9. The molecule has 0 aliphatic carbocycles. The third-order valence-electron chi connectivity index (χ3n) is 3.41. The quantitative estimate of drug-likeness (QED) is 0.504. The molecule has 0 aromatic heterocycles. The van der Waals surface area contributed by atoms with Crippen LogP contribution in [0.5, 0.6) is 0 Å². The van der Waals surface area contributed by atoms with E-state index in [4.69, 9.17) is 9.47 Å². The molecule has 22 heavy (non-hydrogen) atoms. The first kappa shape index (κ1) is 19.2. The van der Waals surface area contributed by atoms with E-state index in [1.165, 1.54) is 12.0 Å². The first-order chi connectivity index (χ1) is 10.4. The van der Waals surface area contributed by atoms with Crippen LogP contribution < -0.4 is 0 Å². The summed E-state index contributed by atoms with van der Waals surface area (Å²) in [5.41, 5.74) is -0.201. The minimum absolute atomic E-state index is 0.0292. The molecule has 1 amide bonds. The Morgan fingerprint density at radius 2 is 2.05 bits per heavy atom. The number of nitrogens with zero attached hydrogens (tertiary/aromatic N) is 1. The lowest BCUT2D eigenvalue weighted by atomic mass is 9.94. The van der Waals surface area contributed by atoms with Crippen molar-refractivity contribution in [3.63, 3.8) is 0 Å². The molecule has 0 spiro atoms. The van der Waals surface area contributed by atoms with Crippen LogP contribution in [0.1, 0.15) is 39.2 Å². The van der Waals surface area contributed by atoms with E-state index in [0.717, 1.165) is 15.6 Å². The molecule has 0 bridgehead atoms. The smallest absolute Gasteiger partial charge is 0.410 e. The molecule has 0 heterocycles. The van der Waals surface area contributed by atoms with Crippen LogP contribution in [0.2, 0.25) is 0 Å². The van der Waals surface area contributed by atoms with Crippen molar-refractivity contribution >= 4 is 28.7 Å². The Balaban J connectivity index is 3.51. The second kappa shape index (κ2) is 8.69. The second-order valence-electron chi connectivity index (χ2n) is 5.31.